The first-order valence-electron chi connectivity index (χ1n) is 8.60. The maximum atomic E-state index is 12.7. The number of amides is 1. The molecule has 1 atom stereocenters. The molecule has 0 aromatic heterocycles. The SMILES string of the molecule is CCC(Oc1cccc(C)c1C)C(=O)Nc1cccc(C(=O)OC)c1C. The predicted molar refractivity (Wildman–Crippen MR) is 102 cm³/mol. The minimum absolute atomic E-state index is 0.251. The maximum Gasteiger partial charge on any atom is 0.338 e. The predicted octanol–water partition coefficient (Wildman–Crippen LogP) is 4.19. The van der Waals surface area contributed by atoms with Crippen molar-refractivity contribution in [3.05, 3.63) is 58.7 Å². The van der Waals surface area contributed by atoms with E-state index in [4.69, 9.17) is 9.47 Å². The van der Waals surface area contributed by atoms with Crippen LogP contribution in [0, 0.1) is 20.8 Å². The Morgan fingerprint density at radius 1 is 1.04 bits per heavy atom. The molecule has 26 heavy (non-hydrogen) atoms. The number of carbonyl (C=O) groups is 2. The molecule has 0 saturated carbocycles. The number of nitrogens with one attached hydrogen (secondary N) is 1. The normalized spacial score (nSPS) is 11.6. The highest BCUT2D eigenvalue weighted by molar-refractivity contribution is 5.98. The van der Waals surface area contributed by atoms with Crippen molar-refractivity contribution in [2.45, 2.75) is 40.2 Å². The van der Waals surface area contributed by atoms with Gasteiger partial charge in [0.25, 0.3) is 5.91 Å². The van der Waals surface area contributed by atoms with Crippen LogP contribution in [0.5, 0.6) is 5.75 Å². The van der Waals surface area contributed by atoms with Crippen LogP contribution in [-0.2, 0) is 9.53 Å². The number of aryl methyl sites for hydroxylation is 1. The van der Waals surface area contributed by atoms with Crippen molar-refractivity contribution in [1.29, 1.82) is 0 Å². The molecular formula is C21H25NO4. The molecule has 0 saturated heterocycles. The van der Waals surface area contributed by atoms with Gasteiger partial charge in [0, 0.05) is 5.69 Å². The molecule has 2 aromatic carbocycles. The smallest absolute Gasteiger partial charge is 0.338 e. The Labute approximate surface area is 154 Å². The molecule has 5 heteroatoms. The van der Waals surface area contributed by atoms with Gasteiger partial charge in [-0.2, -0.15) is 0 Å². The number of anilines is 1. The average Bonchev–Trinajstić information content (AvgIpc) is 2.63. The minimum Gasteiger partial charge on any atom is -0.480 e. The molecule has 5 nitrogen and oxygen atoms in total. The molecule has 1 unspecified atom stereocenters. The number of benzene rings is 2. The van der Waals surface area contributed by atoms with Crippen molar-refractivity contribution in [3.63, 3.8) is 0 Å². The number of esters is 1. The van der Waals surface area contributed by atoms with E-state index >= 15 is 0 Å². The highest BCUT2D eigenvalue weighted by atomic mass is 16.5. The molecule has 1 amide bonds. The van der Waals surface area contributed by atoms with Crippen LogP contribution < -0.4 is 10.1 Å². The molecule has 2 aromatic rings. The molecule has 1 N–H and O–H groups in total. The second-order valence-electron chi connectivity index (χ2n) is 6.17. The van der Waals surface area contributed by atoms with E-state index in [-0.39, 0.29) is 5.91 Å². The van der Waals surface area contributed by atoms with E-state index in [0.717, 1.165) is 11.1 Å². The molecule has 0 aliphatic rings. The summed E-state index contributed by atoms with van der Waals surface area (Å²) in [6.45, 7) is 7.64. The lowest BCUT2D eigenvalue weighted by Crippen LogP contribution is -2.33. The third-order valence-corrected chi connectivity index (χ3v) is 4.48. The van der Waals surface area contributed by atoms with Gasteiger partial charge in [0.15, 0.2) is 6.10 Å². The van der Waals surface area contributed by atoms with E-state index in [0.29, 0.717) is 29.0 Å². The van der Waals surface area contributed by atoms with Crippen LogP contribution >= 0.6 is 0 Å². The van der Waals surface area contributed by atoms with Gasteiger partial charge in [0.05, 0.1) is 12.7 Å². The summed E-state index contributed by atoms with van der Waals surface area (Å²) in [5.74, 6) is 0.0165. The Kier molecular flexibility index (Phi) is 6.39. The highest BCUT2D eigenvalue weighted by Crippen LogP contribution is 2.24. The molecule has 0 aliphatic heterocycles. The van der Waals surface area contributed by atoms with Crippen LogP contribution in [0.3, 0.4) is 0 Å². The summed E-state index contributed by atoms with van der Waals surface area (Å²) in [5, 5.41) is 2.86. The number of methoxy groups -OCH3 is 1. The molecule has 0 heterocycles. The van der Waals surface area contributed by atoms with Crippen molar-refractivity contribution < 1.29 is 19.1 Å². The van der Waals surface area contributed by atoms with Crippen LogP contribution in [-0.4, -0.2) is 25.1 Å². The van der Waals surface area contributed by atoms with Gasteiger partial charge in [-0.25, -0.2) is 4.79 Å². The molecule has 0 spiro atoms. The van der Waals surface area contributed by atoms with Gasteiger partial charge in [-0.05, 0) is 62.1 Å². The Hall–Kier alpha value is -2.82. The second kappa shape index (κ2) is 8.52. The van der Waals surface area contributed by atoms with Crippen molar-refractivity contribution >= 4 is 17.6 Å². The molecule has 0 bridgehead atoms. The molecule has 0 aliphatic carbocycles. The fourth-order valence-corrected chi connectivity index (χ4v) is 2.64. The fraction of sp³-hybridized carbons (Fsp3) is 0.333. The van der Waals surface area contributed by atoms with Crippen molar-refractivity contribution in [2.75, 3.05) is 12.4 Å². The van der Waals surface area contributed by atoms with Crippen LogP contribution in [0.15, 0.2) is 36.4 Å². The Balaban J connectivity index is 2.20. The number of rotatable bonds is 6. The molecule has 0 fully saturated rings. The van der Waals surface area contributed by atoms with E-state index in [1.165, 1.54) is 7.11 Å². The molecular weight excluding hydrogens is 330 g/mol. The topological polar surface area (TPSA) is 64.6 Å². The third-order valence-electron chi connectivity index (χ3n) is 4.48. The number of hydrogen-bond donors (Lipinski definition) is 1. The van der Waals surface area contributed by atoms with Gasteiger partial charge in [-0.1, -0.05) is 25.1 Å². The fourth-order valence-electron chi connectivity index (χ4n) is 2.64. The summed E-state index contributed by atoms with van der Waals surface area (Å²) in [5.41, 5.74) is 3.78. The first-order chi connectivity index (χ1) is 12.4. The van der Waals surface area contributed by atoms with Crippen LogP contribution in [0.25, 0.3) is 0 Å². The molecule has 2 rings (SSSR count). The summed E-state index contributed by atoms with van der Waals surface area (Å²) < 4.78 is 10.7. The maximum absolute atomic E-state index is 12.7. The van der Waals surface area contributed by atoms with E-state index in [2.05, 4.69) is 5.32 Å². The zero-order valence-electron chi connectivity index (χ0n) is 15.9. The van der Waals surface area contributed by atoms with Crippen molar-refractivity contribution in [1.82, 2.24) is 0 Å². The number of hydrogen-bond acceptors (Lipinski definition) is 4. The second-order valence-corrected chi connectivity index (χ2v) is 6.17. The van der Waals surface area contributed by atoms with Gasteiger partial charge in [0.1, 0.15) is 5.75 Å². The number of ether oxygens (including phenoxy) is 2. The standard InChI is InChI=1S/C21H25NO4/c1-6-18(26-19-12-7-9-13(2)14(19)3)20(23)22-17-11-8-10-16(15(17)4)21(24)25-5/h7-12,18H,6H2,1-5H3,(H,22,23). The van der Waals surface area contributed by atoms with Crippen LogP contribution in [0.2, 0.25) is 0 Å². The van der Waals surface area contributed by atoms with Gasteiger partial charge < -0.3 is 14.8 Å². The minimum atomic E-state index is -0.628. The largest absolute Gasteiger partial charge is 0.480 e. The zero-order chi connectivity index (χ0) is 19.3. The highest BCUT2D eigenvalue weighted by Gasteiger charge is 2.21. The zero-order valence-corrected chi connectivity index (χ0v) is 15.9. The molecule has 138 valence electrons. The van der Waals surface area contributed by atoms with E-state index in [1.54, 1.807) is 25.1 Å². The van der Waals surface area contributed by atoms with Crippen molar-refractivity contribution in [3.8, 4) is 5.75 Å². The van der Waals surface area contributed by atoms with E-state index < -0.39 is 12.1 Å². The summed E-state index contributed by atoms with van der Waals surface area (Å²) >= 11 is 0. The molecule has 0 radical (unpaired) electrons. The Bertz CT molecular complexity index is 814. The lowest BCUT2D eigenvalue weighted by atomic mass is 10.1. The van der Waals surface area contributed by atoms with Gasteiger partial charge in [0.2, 0.25) is 0 Å². The van der Waals surface area contributed by atoms with Crippen LogP contribution in [0.4, 0.5) is 5.69 Å². The number of carbonyl (C=O) groups excluding carboxylic acids is 2. The van der Waals surface area contributed by atoms with Crippen LogP contribution in [0.1, 0.15) is 40.4 Å². The van der Waals surface area contributed by atoms with Crippen molar-refractivity contribution in [2.24, 2.45) is 0 Å². The quantitative estimate of drug-likeness (QED) is 0.789. The first-order valence-corrected chi connectivity index (χ1v) is 8.60. The van der Waals surface area contributed by atoms with Gasteiger partial charge in [-0.15, -0.1) is 0 Å². The summed E-state index contributed by atoms with van der Waals surface area (Å²) in [6, 6.07) is 10.9. The van der Waals surface area contributed by atoms with E-state index in [9.17, 15) is 9.59 Å². The Morgan fingerprint density at radius 3 is 2.38 bits per heavy atom. The Morgan fingerprint density at radius 2 is 1.73 bits per heavy atom. The van der Waals surface area contributed by atoms with Gasteiger partial charge >= 0.3 is 5.97 Å². The van der Waals surface area contributed by atoms with E-state index in [1.807, 2.05) is 39.0 Å². The summed E-state index contributed by atoms with van der Waals surface area (Å²) in [7, 11) is 1.33. The third kappa shape index (κ3) is 4.23. The summed E-state index contributed by atoms with van der Waals surface area (Å²) in [6.07, 6.45) is -0.105. The lowest BCUT2D eigenvalue weighted by molar-refractivity contribution is -0.122. The lowest BCUT2D eigenvalue weighted by Gasteiger charge is -2.20. The van der Waals surface area contributed by atoms with Gasteiger partial charge in [-0.3, -0.25) is 4.79 Å². The summed E-state index contributed by atoms with van der Waals surface area (Å²) in [4.78, 5) is 24.5. The average molecular weight is 355 g/mol. The monoisotopic (exact) mass is 355 g/mol. The first kappa shape index (κ1) is 19.5.